The molecule has 0 radical (unpaired) electrons. The van der Waals surface area contributed by atoms with E-state index in [-0.39, 0.29) is 7.43 Å². The maximum atomic E-state index is 2.27. The molecule has 0 amide bonds. The van der Waals surface area contributed by atoms with Gasteiger partial charge in [-0.3, -0.25) is 0 Å². The Morgan fingerprint density at radius 2 is 1.50 bits per heavy atom. The second-order valence-corrected chi connectivity index (χ2v) is 5.19. The molecule has 0 nitrogen and oxygen atoms in total. The van der Waals surface area contributed by atoms with Crippen molar-refractivity contribution in [2.75, 3.05) is 11.5 Å². The van der Waals surface area contributed by atoms with Gasteiger partial charge in [0.25, 0.3) is 0 Å². The molecule has 1 aromatic carbocycles. The summed E-state index contributed by atoms with van der Waals surface area (Å²) < 4.78 is 0. The van der Waals surface area contributed by atoms with E-state index >= 15 is 0 Å². The van der Waals surface area contributed by atoms with Crippen LogP contribution < -0.4 is 0 Å². The topological polar surface area (TPSA) is 0 Å². The lowest BCUT2D eigenvalue weighted by Crippen LogP contribution is -2.02. The van der Waals surface area contributed by atoms with Crippen LogP contribution in [-0.4, -0.2) is 11.5 Å². The van der Waals surface area contributed by atoms with Crippen molar-refractivity contribution in [2.45, 2.75) is 25.2 Å². The van der Waals surface area contributed by atoms with Crippen LogP contribution in [0.1, 0.15) is 20.3 Å². The van der Waals surface area contributed by atoms with Crippen molar-refractivity contribution in [1.29, 1.82) is 0 Å². The van der Waals surface area contributed by atoms with E-state index in [9.17, 15) is 0 Å². The van der Waals surface area contributed by atoms with Gasteiger partial charge in [0.05, 0.1) is 0 Å². The average molecular weight is 181 g/mol. The van der Waals surface area contributed by atoms with Crippen LogP contribution in [0.4, 0.5) is 0 Å². The molecule has 12 heavy (non-hydrogen) atoms. The van der Waals surface area contributed by atoms with Crippen LogP contribution in [0.25, 0.3) is 0 Å². The highest BCUT2D eigenvalue weighted by molar-refractivity contribution is 7.97. The Hall–Kier alpha value is -0.430. The Bertz CT molecular complexity index is 212. The van der Waals surface area contributed by atoms with E-state index in [1.54, 1.807) is 4.90 Å². The van der Waals surface area contributed by atoms with E-state index < -0.39 is 0 Å². The summed E-state index contributed by atoms with van der Waals surface area (Å²) in [7, 11) is 0.609. The summed E-state index contributed by atoms with van der Waals surface area (Å²) in [5, 5.41) is 0. The largest absolute Gasteiger partial charge is 0.154 e. The molecule has 1 aliphatic heterocycles. The number of rotatable bonds is 1. The molecule has 66 valence electrons. The van der Waals surface area contributed by atoms with Gasteiger partial charge in [0.1, 0.15) is 11.5 Å². The average Bonchev–Trinajstić information content (AvgIpc) is 2.58. The van der Waals surface area contributed by atoms with Gasteiger partial charge in [0.15, 0.2) is 4.90 Å². The van der Waals surface area contributed by atoms with Crippen LogP contribution in [0.2, 0.25) is 0 Å². The fourth-order valence-corrected chi connectivity index (χ4v) is 3.83. The zero-order valence-corrected chi connectivity index (χ0v) is 7.44. The van der Waals surface area contributed by atoms with Gasteiger partial charge >= 0.3 is 0 Å². The Morgan fingerprint density at radius 1 is 0.917 bits per heavy atom. The van der Waals surface area contributed by atoms with E-state index in [1.165, 1.54) is 24.3 Å². The standard InChI is InChI=1S/C10H13S.CH4/c1-2-6-10(7-3-1)11-8-4-5-9-11;/h1-3,6-7H,4-5,8-9H2;1H4/q+1;. The minimum atomic E-state index is 0. The smallest absolute Gasteiger partial charge is 0.0776 e. The molecule has 0 saturated carbocycles. The predicted molar refractivity (Wildman–Crippen MR) is 57.8 cm³/mol. The van der Waals surface area contributed by atoms with Crippen molar-refractivity contribution >= 4 is 10.9 Å². The maximum absolute atomic E-state index is 2.27. The van der Waals surface area contributed by atoms with E-state index in [4.69, 9.17) is 0 Å². The molecular weight excluding hydrogens is 164 g/mol. The molecule has 1 heteroatoms. The quantitative estimate of drug-likeness (QED) is 0.584. The lowest BCUT2D eigenvalue weighted by molar-refractivity contribution is 0.949. The number of benzene rings is 1. The van der Waals surface area contributed by atoms with Crippen molar-refractivity contribution in [2.24, 2.45) is 0 Å². The zero-order valence-electron chi connectivity index (χ0n) is 6.62. The molecule has 1 heterocycles. The third-order valence-electron chi connectivity index (χ3n) is 2.11. The first-order chi connectivity index (χ1) is 5.47. The maximum Gasteiger partial charge on any atom is 0.154 e. The number of hydrogen-bond acceptors (Lipinski definition) is 0. The van der Waals surface area contributed by atoms with Crippen LogP contribution in [-0.2, 0) is 10.9 Å². The molecule has 0 atom stereocenters. The van der Waals surface area contributed by atoms with Crippen LogP contribution in [0, 0.1) is 0 Å². The van der Waals surface area contributed by atoms with E-state index in [0.29, 0.717) is 10.9 Å². The van der Waals surface area contributed by atoms with Crippen molar-refractivity contribution in [1.82, 2.24) is 0 Å². The summed E-state index contributed by atoms with van der Waals surface area (Å²) in [6.07, 6.45) is 2.88. The molecule has 2 rings (SSSR count). The first kappa shape index (κ1) is 9.66. The Morgan fingerprint density at radius 3 is 2.08 bits per heavy atom. The molecule has 0 bridgehead atoms. The highest BCUT2D eigenvalue weighted by Gasteiger charge is 2.25. The summed E-state index contributed by atoms with van der Waals surface area (Å²) in [4.78, 5) is 1.57. The summed E-state index contributed by atoms with van der Waals surface area (Å²) in [5.74, 6) is 2.87. The summed E-state index contributed by atoms with van der Waals surface area (Å²) >= 11 is 0. The normalized spacial score (nSPS) is 17.3. The fraction of sp³-hybridized carbons (Fsp3) is 0.455. The highest BCUT2D eigenvalue weighted by atomic mass is 32.2. The predicted octanol–water partition coefficient (Wildman–Crippen LogP) is 3.09. The van der Waals surface area contributed by atoms with Gasteiger partial charge in [-0.15, -0.1) is 0 Å². The van der Waals surface area contributed by atoms with Gasteiger partial charge in [-0.2, -0.15) is 0 Å². The first-order valence-corrected chi connectivity index (χ1v) is 5.76. The molecule has 0 N–H and O–H groups in total. The van der Waals surface area contributed by atoms with Crippen LogP contribution >= 0.6 is 0 Å². The van der Waals surface area contributed by atoms with E-state index in [2.05, 4.69) is 30.3 Å². The second-order valence-electron chi connectivity index (χ2n) is 2.92. The molecule has 1 aromatic rings. The van der Waals surface area contributed by atoms with Crippen molar-refractivity contribution in [3.05, 3.63) is 30.3 Å². The van der Waals surface area contributed by atoms with Gasteiger partial charge in [-0.25, -0.2) is 0 Å². The van der Waals surface area contributed by atoms with Gasteiger partial charge in [0, 0.05) is 10.9 Å². The minimum Gasteiger partial charge on any atom is -0.0776 e. The van der Waals surface area contributed by atoms with Crippen molar-refractivity contribution in [3.63, 3.8) is 0 Å². The van der Waals surface area contributed by atoms with Crippen LogP contribution in [0.15, 0.2) is 35.2 Å². The molecule has 1 aliphatic rings. The Balaban J connectivity index is 0.000000720. The first-order valence-electron chi connectivity index (χ1n) is 4.19. The lowest BCUT2D eigenvalue weighted by Gasteiger charge is -1.97. The molecule has 0 unspecified atom stereocenters. The monoisotopic (exact) mass is 181 g/mol. The lowest BCUT2D eigenvalue weighted by atomic mass is 10.4. The van der Waals surface area contributed by atoms with Gasteiger partial charge in [-0.1, -0.05) is 25.6 Å². The van der Waals surface area contributed by atoms with Gasteiger partial charge in [-0.05, 0) is 25.0 Å². The third kappa shape index (κ3) is 2.04. The molecule has 0 spiro atoms. The van der Waals surface area contributed by atoms with E-state index in [0.717, 1.165) is 0 Å². The summed E-state index contributed by atoms with van der Waals surface area (Å²) in [6, 6.07) is 11.0. The van der Waals surface area contributed by atoms with Gasteiger partial charge < -0.3 is 0 Å². The van der Waals surface area contributed by atoms with Crippen molar-refractivity contribution in [3.8, 4) is 0 Å². The van der Waals surface area contributed by atoms with Crippen LogP contribution in [0.5, 0.6) is 0 Å². The number of hydrogen-bond donors (Lipinski definition) is 0. The summed E-state index contributed by atoms with van der Waals surface area (Å²) in [5.41, 5.74) is 0. The second kappa shape index (κ2) is 4.56. The molecule has 0 aliphatic carbocycles. The Kier molecular flexibility index (Phi) is 3.67. The molecule has 0 aromatic heterocycles. The molecule has 1 saturated heterocycles. The zero-order chi connectivity index (χ0) is 7.52. The van der Waals surface area contributed by atoms with Crippen LogP contribution in [0.3, 0.4) is 0 Å². The fourth-order valence-electron chi connectivity index (χ4n) is 1.50. The van der Waals surface area contributed by atoms with E-state index in [1.807, 2.05) is 0 Å². The minimum absolute atomic E-state index is 0. The van der Waals surface area contributed by atoms with Gasteiger partial charge in [0.2, 0.25) is 0 Å². The molecular formula is C11H17S+. The molecule has 1 fully saturated rings. The van der Waals surface area contributed by atoms with Crippen molar-refractivity contribution < 1.29 is 0 Å². The third-order valence-corrected chi connectivity index (χ3v) is 4.61. The highest BCUT2D eigenvalue weighted by Crippen LogP contribution is 2.21. The SMILES string of the molecule is C.c1ccc([S+]2CCCC2)cc1. The Labute approximate surface area is 78.3 Å². The summed E-state index contributed by atoms with van der Waals surface area (Å²) in [6.45, 7) is 0.